The van der Waals surface area contributed by atoms with E-state index in [2.05, 4.69) is 34.3 Å². The van der Waals surface area contributed by atoms with Crippen molar-refractivity contribution in [2.75, 3.05) is 25.1 Å². The summed E-state index contributed by atoms with van der Waals surface area (Å²) in [4.78, 5) is 4.60. The number of H-pyrrole nitrogens is 1. The first kappa shape index (κ1) is 17.2. The molecule has 2 aromatic heterocycles. The zero-order chi connectivity index (χ0) is 18.1. The van der Waals surface area contributed by atoms with Gasteiger partial charge in [0.05, 0.1) is 5.69 Å². The van der Waals surface area contributed by atoms with Crippen LogP contribution in [-0.2, 0) is 17.6 Å². The standard InChI is InChI=1S/C20H27N5O/c1-20(2)8-16-17(9-20)24-25-18(16)15-7-14(10-21)19(23-12-15)22-11-13-3-5-26-6-4-13/h7,10,12-13,21H,3-6,8-9,11H2,1-2H3,(H,22,23)(H,24,25). The summed E-state index contributed by atoms with van der Waals surface area (Å²) in [6, 6.07) is 2.02. The van der Waals surface area contributed by atoms with Crippen molar-refractivity contribution >= 4 is 12.0 Å². The molecule has 1 aliphatic carbocycles. The first-order valence-electron chi connectivity index (χ1n) is 9.44. The second-order valence-electron chi connectivity index (χ2n) is 8.29. The number of ether oxygens (including phenoxy) is 1. The van der Waals surface area contributed by atoms with E-state index in [1.807, 2.05) is 12.3 Å². The first-order valence-corrected chi connectivity index (χ1v) is 9.44. The Morgan fingerprint density at radius 1 is 1.35 bits per heavy atom. The minimum atomic E-state index is 0.280. The molecule has 0 amide bonds. The van der Waals surface area contributed by atoms with E-state index in [9.17, 15) is 0 Å². The molecular weight excluding hydrogens is 326 g/mol. The van der Waals surface area contributed by atoms with Crippen molar-refractivity contribution in [1.29, 1.82) is 5.41 Å². The van der Waals surface area contributed by atoms with Gasteiger partial charge in [0.1, 0.15) is 5.82 Å². The molecule has 3 N–H and O–H groups in total. The fraction of sp³-hybridized carbons (Fsp3) is 0.550. The Bertz CT molecular complexity index is 805. The molecule has 1 saturated heterocycles. The lowest BCUT2D eigenvalue weighted by Gasteiger charge is -2.22. The zero-order valence-corrected chi connectivity index (χ0v) is 15.6. The second kappa shape index (κ2) is 6.83. The second-order valence-corrected chi connectivity index (χ2v) is 8.29. The van der Waals surface area contributed by atoms with Gasteiger partial charge in [-0.2, -0.15) is 5.10 Å². The van der Waals surface area contributed by atoms with Crippen molar-refractivity contribution in [3.63, 3.8) is 0 Å². The lowest BCUT2D eigenvalue weighted by Crippen LogP contribution is -2.23. The third kappa shape index (κ3) is 3.38. The Morgan fingerprint density at radius 2 is 2.15 bits per heavy atom. The Labute approximate surface area is 154 Å². The highest BCUT2D eigenvalue weighted by Crippen LogP contribution is 2.39. The molecule has 0 unspecified atom stereocenters. The molecule has 2 aliphatic rings. The first-order chi connectivity index (χ1) is 12.6. The van der Waals surface area contributed by atoms with Crippen molar-refractivity contribution < 1.29 is 4.74 Å². The van der Waals surface area contributed by atoms with Gasteiger partial charge in [-0.15, -0.1) is 0 Å². The van der Waals surface area contributed by atoms with Gasteiger partial charge in [0.2, 0.25) is 0 Å². The van der Waals surface area contributed by atoms with Crippen LogP contribution in [0.2, 0.25) is 0 Å². The minimum Gasteiger partial charge on any atom is -0.381 e. The summed E-state index contributed by atoms with van der Waals surface area (Å²) in [7, 11) is 0. The molecule has 3 heterocycles. The molecule has 1 aliphatic heterocycles. The molecule has 1 fully saturated rings. The van der Waals surface area contributed by atoms with E-state index in [0.29, 0.717) is 5.92 Å². The molecule has 0 bridgehead atoms. The van der Waals surface area contributed by atoms with E-state index in [-0.39, 0.29) is 5.41 Å². The van der Waals surface area contributed by atoms with Crippen molar-refractivity contribution in [1.82, 2.24) is 15.2 Å². The Morgan fingerprint density at radius 3 is 2.92 bits per heavy atom. The van der Waals surface area contributed by atoms with Gasteiger partial charge in [-0.3, -0.25) is 5.10 Å². The number of hydrogen-bond donors (Lipinski definition) is 3. The van der Waals surface area contributed by atoms with E-state index in [1.54, 1.807) is 0 Å². The van der Waals surface area contributed by atoms with Crippen molar-refractivity contribution in [2.24, 2.45) is 11.3 Å². The average molecular weight is 353 g/mol. The number of rotatable bonds is 5. The van der Waals surface area contributed by atoms with Gasteiger partial charge < -0.3 is 15.5 Å². The van der Waals surface area contributed by atoms with Crippen molar-refractivity contribution in [3.05, 3.63) is 29.1 Å². The van der Waals surface area contributed by atoms with Crippen molar-refractivity contribution in [3.8, 4) is 11.3 Å². The molecule has 2 aromatic rings. The van der Waals surface area contributed by atoms with Gasteiger partial charge in [0, 0.05) is 54.6 Å². The molecule has 26 heavy (non-hydrogen) atoms. The Kier molecular flexibility index (Phi) is 4.53. The molecular formula is C20H27N5O. The summed E-state index contributed by atoms with van der Waals surface area (Å²) < 4.78 is 5.42. The molecule has 6 heteroatoms. The van der Waals surface area contributed by atoms with Crippen LogP contribution in [0.4, 0.5) is 5.82 Å². The summed E-state index contributed by atoms with van der Waals surface area (Å²) in [5.74, 6) is 1.39. The van der Waals surface area contributed by atoms with Crippen LogP contribution >= 0.6 is 0 Å². The van der Waals surface area contributed by atoms with Crippen LogP contribution in [0, 0.1) is 16.7 Å². The largest absolute Gasteiger partial charge is 0.381 e. The number of pyridine rings is 1. The summed E-state index contributed by atoms with van der Waals surface area (Å²) >= 11 is 0. The lowest BCUT2D eigenvalue weighted by molar-refractivity contribution is 0.0699. The quantitative estimate of drug-likeness (QED) is 0.719. The minimum absolute atomic E-state index is 0.280. The lowest BCUT2D eigenvalue weighted by atomic mass is 9.90. The number of aromatic nitrogens is 3. The van der Waals surface area contributed by atoms with Gasteiger partial charge in [0.15, 0.2) is 0 Å². The van der Waals surface area contributed by atoms with Crippen LogP contribution in [0.15, 0.2) is 12.3 Å². The van der Waals surface area contributed by atoms with Crippen LogP contribution in [0.25, 0.3) is 11.3 Å². The van der Waals surface area contributed by atoms with Crippen molar-refractivity contribution in [2.45, 2.75) is 39.5 Å². The maximum atomic E-state index is 7.79. The number of aromatic amines is 1. The van der Waals surface area contributed by atoms with Crippen LogP contribution in [0.1, 0.15) is 43.5 Å². The van der Waals surface area contributed by atoms with Crippen LogP contribution in [0.5, 0.6) is 0 Å². The number of hydrogen-bond acceptors (Lipinski definition) is 5. The monoisotopic (exact) mass is 353 g/mol. The molecule has 0 atom stereocenters. The maximum Gasteiger partial charge on any atom is 0.134 e. The summed E-state index contributed by atoms with van der Waals surface area (Å²) in [5, 5.41) is 18.9. The number of nitrogens with zero attached hydrogens (tertiary/aromatic N) is 2. The molecule has 0 saturated carbocycles. The highest BCUT2D eigenvalue weighted by atomic mass is 16.5. The van der Waals surface area contributed by atoms with Crippen LogP contribution in [-0.4, -0.2) is 41.2 Å². The third-order valence-electron chi connectivity index (χ3n) is 5.51. The fourth-order valence-electron chi connectivity index (χ4n) is 4.06. The molecule has 0 aromatic carbocycles. The average Bonchev–Trinajstić information content (AvgIpc) is 3.15. The van der Waals surface area contributed by atoms with Gasteiger partial charge in [0.25, 0.3) is 0 Å². The molecule has 4 rings (SSSR count). The summed E-state index contributed by atoms with van der Waals surface area (Å²) in [5.41, 5.74) is 5.59. The Balaban J connectivity index is 1.54. The van der Waals surface area contributed by atoms with Gasteiger partial charge in [-0.25, -0.2) is 4.98 Å². The smallest absolute Gasteiger partial charge is 0.134 e. The normalized spacial score (nSPS) is 19.3. The molecule has 0 radical (unpaired) electrons. The SMILES string of the molecule is CC1(C)Cc2[nH]nc(-c3cnc(NCC4CCOCC4)c(C=N)c3)c2C1. The predicted molar refractivity (Wildman–Crippen MR) is 103 cm³/mol. The number of nitrogens with one attached hydrogen (secondary N) is 3. The topological polar surface area (TPSA) is 86.7 Å². The predicted octanol–water partition coefficient (Wildman–Crippen LogP) is 3.43. The highest BCUT2D eigenvalue weighted by Gasteiger charge is 2.32. The highest BCUT2D eigenvalue weighted by molar-refractivity contribution is 5.86. The molecule has 6 nitrogen and oxygen atoms in total. The van der Waals surface area contributed by atoms with E-state index >= 15 is 0 Å². The number of anilines is 1. The van der Waals surface area contributed by atoms with Gasteiger partial charge in [-0.1, -0.05) is 13.8 Å². The third-order valence-corrected chi connectivity index (χ3v) is 5.51. The summed E-state index contributed by atoms with van der Waals surface area (Å²) in [6.45, 7) is 7.14. The van der Waals surface area contributed by atoms with E-state index in [1.165, 1.54) is 17.5 Å². The zero-order valence-electron chi connectivity index (χ0n) is 15.6. The van der Waals surface area contributed by atoms with Crippen LogP contribution < -0.4 is 5.32 Å². The fourth-order valence-corrected chi connectivity index (χ4v) is 4.06. The van der Waals surface area contributed by atoms with Gasteiger partial charge >= 0.3 is 0 Å². The molecule has 138 valence electrons. The van der Waals surface area contributed by atoms with E-state index < -0.39 is 0 Å². The van der Waals surface area contributed by atoms with E-state index in [4.69, 9.17) is 10.1 Å². The maximum absolute atomic E-state index is 7.79. The number of fused-ring (bicyclic) bond motifs is 1. The Hall–Kier alpha value is -2.21. The van der Waals surface area contributed by atoms with Crippen LogP contribution in [0.3, 0.4) is 0 Å². The molecule has 0 spiro atoms. The van der Waals surface area contributed by atoms with Gasteiger partial charge in [-0.05, 0) is 43.1 Å². The van der Waals surface area contributed by atoms with E-state index in [0.717, 1.165) is 68.1 Å². The summed E-state index contributed by atoms with van der Waals surface area (Å²) in [6.07, 6.45) is 7.48.